The predicted octanol–water partition coefficient (Wildman–Crippen LogP) is 1.52. The lowest BCUT2D eigenvalue weighted by atomic mass is 10.2. The summed E-state index contributed by atoms with van der Waals surface area (Å²) in [5, 5.41) is 8.25. The highest BCUT2D eigenvalue weighted by molar-refractivity contribution is 5.39. The van der Waals surface area contributed by atoms with Gasteiger partial charge in [-0.2, -0.15) is 0 Å². The lowest BCUT2D eigenvalue weighted by Crippen LogP contribution is -2.39. The molecule has 0 saturated carbocycles. The van der Waals surface area contributed by atoms with Gasteiger partial charge in [0, 0.05) is 44.3 Å². The Balaban J connectivity index is 1.53. The highest BCUT2D eigenvalue weighted by Gasteiger charge is 2.26. The molecule has 4 rings (SSSR count). The number of fused-ring (bicyclic) bond motifs is 1. The summed E-state index contributed by atoms with van der Waals surface area (Å²) >= 11 is 0. The molecule has 120 valence electrons. The molecule has 7 nitrogen and oxygen atoms in total. The van der Waals surface area contributed by atoms with Crippen LogP contribution in [0.25, 0.3) is 5.65 Å². The van der Waals surface area contributed by atoms with Gasteiger partial charge < -0.3 is 13.7 Å². The van der Waals surface area contributed by atoms with Crippen molar-refractivity contribution >= 4 is 5.65 Å². The fourth-order valence-electron chi connectivity index (χ4n) is 3.12. The summed E-state index contributed by atoms with van der Waals surface area (Å²) in [5.74, 6) is 0.915. The number of pyridine rings is 1. The molecular formula is C16H20N6O. The van der Waals surface area contributed by atoms with E-state index in [1.165, 1.54) is 5.69 Å². The molecular weight excluding hydrogens is 292 g/mol. The lowest BCUT2D eigenvalue weighted by molar-refractivity contribution is -0.0393. The van der Waals surface area contributed by atoms with Gasteiger partial charge in [-0.1, -0.05) is 6.07 Å². The van der Waals surface area contributed by atoms with Crippen molar-refractivity contribution < 1.29 is 4.74 Å². The van der Waals surface area contributed by atoms with Crippen LogP contribution in [0.4, 0.5) is 0 Å². The Morgan fingerprint density at radius 3 is 3.22 bits per heavy atom. The minimum Gasteiger partial charge on any atom is -0.368 e. The first-order valence-electron chi connectivity index (χ1n) is 7.98. The Bertz CT molecular complexity index is 795. The zero-order valence-electron chi connectivity index (χ0n) is 13.2. The van der Waals surface area contributed by atoms with E-state index in [2.05, 4.69) is 43.5 Å². The van der Waals surface area contributed by atoms with Crippen LogP contribution in [0.3, 0.4) is 0 Å². The van der Waals surface area contributed by atoms with Crippen LogP contribution in [0.1, 0.15) is 24.5 Å². The highest BCUT2D eigenvalue weighted by Crippen LogP contribution is 2.22. The van der Waals surface area contributed by atoms with Crippen LogP contribution < -0.4 is 0 Å². The zero-order chi connectivity index (χ0) is 15.6. The third-order valence-corrected chi connectivity index (χ3v) is 4.32. The van der Waals surface area contributed by atoms with Gasteiger partial charge in [-0.3, -0.25) is 4.90 Å². The number of morpholine rings is 1. The molecule has 4 heterocycles. The zero-order valence-corrected chi connectivity index (χ0v) is 13.2. The first-order chi connectivity index (χ1) is 11.3. The van der Waals surface area contributed by atoms with Crippen molar-refractivity contribution in [3.63, 3.8) is 0 Å². The van der Waals surface area contributed by atoms with Crippen LogP contribution >= 0.6 is 0 Å². The molecule has 0 amide bonds. The lowest BCUT2D eigenvalue weighted by Gasteiger charge is -2.32. The topological polar surface area (TPSA) is 60.5 Å². The predicted molar refractivity (Wildman–Crippen MR) is 84.9 cm³/mol. The number of hydrogen-bond donors (Lipinski definition) is 0. The minimum atomic E-state index is -0.0202. The molecule has 23 heavy (non-hydrogen) atoms. The van der Waals surface area contributed by atoms with Crippen LogP contribution in [0.2, 0.25) is 0 Å². The van der Waals surface area contributed by atoms with Crippen molar-refractivity contribution in [1.29, 1.82) is 0 Å². The van der Waals surface area contributed by atoms with E-state index in [1.807, 2.05) is 23.0 Å². The van der Waals surface area contributed by atoms with Gasteiger partial charge in [0.25, 0.3) is 0 Å². The third-order valence-electron chi connectivity index (χ3n) is 4.32. The van der Waals surface area contributed by atoms with E-state index in [1.54, 1.807) is 6.33 Å². The number of aromatic nitrogens is 5. The Hall–Kier alpha value is -2.25. The fourth-order valence-corrected chi connectivity index (χ4v) is 3.12. The first-order valence-corrected chi connectivity index (χ1v) is 7.98. The van der Waals surface area contributed by atoms with Crippen LogP contribution in [0.5, 0.6) is 0 Å². The Morgan fingerprint density at radius 2 is 2.30 bits per heavy atom. The molecule has 3 aromatic rings. The van der Waals surface area contributed by atoms with E-state index in [0.29, 0.717) is 6.61 Å². The average Bonchev–Trinajstić information content (AvgIpc) is 3.24. The monoisotopic (exact) mass is 312 g/mol. The maximum Gasteiger partial charge on any atom is 0.163 e. The third kappa shape index (κ3) is 2.73. The molecule has 1 fully saturated rings. The second-order valence-corrected chi connectivity index (χ2v) is 5.74. The quantitative estimate of drug-likeness (QED) is 0.731. The van der Waals surface area contributed by atoms with Gasteiger partial charge in [0.15, 0.2) is 5.82 Å². The summed E-state index contributed by atoms with van der Waals surface area (Å²) in [6, 6.07) is 6.23. The van der Waals surface area contributed by atoms with Crippen LogP contribution in [-0.4, -0.2) is 48.7 Å². The van der Waals surface area contributed by atoms with E-state index >= 15 is 0 Å². The molecule has 1 unspecified atom stereocenters. The van der Waals surface area contributed by atoms with E-state index in [9.17, 15) is 0 Å². The van der Waals surface area contributed by atoms with Gasteiger partial charge in [-0.25, -0.2) is 4.98 Å². The molecule has 7 heteroatoms. The average molecular weight is 312 g/mol. The van der Waals surface area contributed by atoms with Gasteiger partial charge in [0.05, 0.1) is 6.61 Å². The maximum absolute atomic E-state index is 5.92. The smallest absolute Gasteiger partial charge is 0.163 e. The van der Waals surface area contributed by atoms with Gasteiger partial charge in [-0.15, -0.1) is 10.2 Å². The van der Waals surface area contributed by atoms with E-state index in [4.69, 9.17) is 4.74 Å². The fraction of sp³-hybridized carbons (Fsp3) is 0.438. The number of aryl methyl sites for hydroxylation is 1. The molecule has 0 aromatic carbocycles. The molecule has 1 aliphatic heterocycles. The number of ether oxygens (including phenoxy) is 1. The van der Waals surface area contributed by atoms with E-state index in [0.717, 1.165) is 37.7 Å². The van der Waals surface area contributed by atoms with Crippen molar-refractivity contribution in [3.8, 4) is 0 Å². The Morgan fingerprint density at radius 1 is 1.35 bits per heavy atom. The maximum atomic E-state index is 5.92. The summed E-state index contributed by atoms with van der Waals surface area (Å²) in [4.78, 5) is 6.75. The number of rotatable bonds is 4. The molecule has 0 bridgehead atoms. The summed E-state index contributed by atoms with van der Waals surface area (Å²) in [6.07, 6.45) is 5.60. The largest absolute Gasteiger partial charge is 0.368 e. The standard InChI is InChI=1S/C16H20N6O/c1-2-21-12-18-19-16(21)14-11-20(8-9-23-14)10-13-4-3-5-15-17-6-7-22(13)15/h3-7,12,14H,2,8-11H2,1H3. The van der Waals surface area contributed by atoms with Gasteiger partial charge in [-0.05, 0) is 19.1 Å². The molecule has 0 aliphatic carbocycles. The van der Waals surface area contributed by atoms with Crippen LogP contribution in [0, 0.1) is 0 Å². The molecule has 0 radical (unpaired) electrons. The molecule has 1 saturated heterocycles. The Kier molecular flexibility index (Phi) is 3.80. The number of hydrogen-bond acceptors (Lipinski definition) is 5. The summed E-state index contributed by atoms with van der Waals surface area (Å²) in [6.45, 7) is 6.27. The van der Waals surface area contributed by atoms with Crippen molar-refractivity contribution in [2.45, 2.75) is 26.1 Å². The summed E-state index contributed by atoms with van der Waals surface area (Å²) in [5.41, 5.74) is 2.22. The van der Waals surface area contributed by atoms with Crippen LogP contribution in [-0.2, 0) is 17.8 Å². The van der Waals surface area contributed by atoms with E-state index < -0.39 is 0 Å². The number of imidazole rings is 1. The van der Waals surface area contributed by atoms with E-state index in [-0.39, 0.29) is 6.10 Å². The molecule has 1 atom stereocenters. The SMILES string of the molecule is CCn1cnnc1C1CN(Cc2cccc3nccn23)CCO1. The summed E-state index contributed by atoms with van der Waals surface area (Å²) in [7, 11) is 0. The highest BCUT2D eigenvalue weighted by atomic mass is 16.5. The second kappa shape index (κ2) is 6.10. The van der Waals surface area contributed by atoms with Crippen molar-refractivity contribution in [2.24, 2.45) is 0 Å². The molecule has 1 aliphatic rings. The van der Waals surface area contributed by atoms with Gasteiger partial charge in [0.1, 0.15) is 18.1 Å². The van der Waals surface area contributed by atoms with Gasteiger partial charge >= 0.3 is 0 Å². The molecule has 3 aromatic heterocycles. The van der Waals surface area contributed by atoms with Gasteiger partial charge in [0.2, 0.25) is 0 Å². The number of nitrogens with zero attached hydrogens (tertiary/aromatic N) is 6. The normalized spacial score (nSPS) is 19.4. The second-order valence-electron chi connectivity index (χ2n) is 5.74. The van der Waals surface area contributed by atoms with Crippen molar-refractivity contribution in [2.75, 3.05) is 19.7 Å². The van der Waals surface area contributed by atoms with Crippen molar-refractivity contribution in [1.82, 2.24) is 29.0 Å². The van der Waals surface area contributed by atoms with Crippen molar-refractivity contribution in [3.05, 3.63) is 48.4 Å². The first kappa shape index (κ1) is 14.3. The Labute approximate surface area is 134 Å². The van der Waals surface area contributed by atoms with Crippen LogP contribution in [0.15, 0.2) is 36.9 Å². The summed E-state index contributed by atoms with van der Waals surface area (Å²) < 4.78 is 10.1. The molecule has 0 spiro atoms. The minimum absolute atomic E-state index is 0.0202. The molecule has 0 N–H and O–H groups in total.